The Hall–Kier alpha value is -4.10. The molecule has 1 saturated heterocycles. The minimum atomic E-state index is -0.668. The maximum atomic E-state index is 13.3. The summed E-state index contributed by atoms with van der Waals surface area (Å²) in [5.41, 5.74) is 4.58. The number of Topliss-reactive ketones (excluding diaryl/α,β-unsaturated/α-hetero) is 1. The zero-order chi connectivity index (χ0) is 28.1. The number of aryl methyl sites for hydroxylation is 1. The van der Waals surface area contributed by atoms with Gasteiger partial charge in [0.1, 0.15) is 18.1 Å². The molecule has 1 heterocycles. The zero-order valence-electron chi connectivity index (χ0n) is 23.3. The number of ether oxygens (including phenoxy) is 1. The third kappa shape index (κ3) is 6.49. The number of aliphatic hydroxyl groups is 1. The smallest absolute Gasteiger partial charge is 0.295 e. The fourth-order valence-electron chi connectivity index (χ4n) is 4.80. The summed E-state index contributed by atoms with van der Waals surface area (Å²) in [5.74, 6) is -0.794. The number of nitrogens with zero attached hydrogens (tertiary/aromatic N) is 3. The molecule has 7 nitrogen and oxygen atoms in total. The predicted molar refractivity (Wildman–Crippen MR) is 155 cm³/mol. The summed E-state index contributed by atoms with van der Waals surface area (Å²) in [6, 6.07) is 22.1. The number of likely N-dealkylation sites (tertiary alicyclic amines) is 1. The first kappa shape index (κ1) is 27.9. The van der Waals surface area contributed by atoms with Gasteiger partial charge in [-0.05, 0) is 81.5 Å². The van der Waals surface area contributed by atoms with E-state index in [1.165, 1.54) is 5.56 Å². The molecule has 1 aliphatic heterocycles. The largest absolute Gasteiger partial charge is 0.507 e. The first-order valence-corrected chi connectivity index (χ1v) is 13.1. The molecule has 0 unspecified atom stereocenters. The summed E-state index contributed by atoms with van der Waals surface area (Å²) in [6.07, 6.45) is 0.708. The van der Waals surface area contributed by atoms with E-state index in [2.05, 4.69) is 6.07 Å². The molecule has 0 radical (unpaired) electrons. The van der Waals surface area contributed by atoms with Crippen molar-refractivity contribution in [3.8, 4) is 5.75 Å². The van der Waals surface area contributed by atoms with Crippen LogP contribution in [0.1, 0.15) is 34.7 Å². The summed E-state index contributed by atoms with van der Waals surface area (Å²) in [6.45, 7) is 3.65. The number of aliphatic hydroxyl groups excluding tert-OH is 1. The molecule has 0 bridgehead atoms. The first-order valence-electron chi connectivity index (χ1n) is 13.1. The van der Waals surface area contributed by atoms with Crippen molar-refractivity contribution >= 4 is 23.1 Å². The molecular weight excluding hydrogens is 490 g/mol. The van der Waals surface area contributed by atoms with Crippen molar-refractivity contribution in [2.45, 2.75) is 26.0 Å². The van der Waals surface area contributed by atoms with E-state index in [1.807, 2.05) is 87.4 Å². The van der Waals surface area contributed by atoms with E-state index in [0.717, 1.165) is 23.4 Å². The second-order valence-corrected chi connectivity index (χ2v) is 10.4. The van der Waals surface area contributed by atoms with Gasteiger partial charge in [-0.1, -0.05) is 42.0 Å². The van der Waals surface area contributed by atoms with Crippen LogP contribution >= 0.6 is 0 Å². The molecular formula is C32H37N3O4. The molecule has 0 saturated carbocycles. The maximum Gasteiger partial charge on any atom is 0.295 e. The fraction of sp³-hybridized carbons (Fsp3) is 0.312. The number of carbonyl (C=O) groups excluding carboxylic acids is 2. The van der Waals surface area contributed by atoms with Crippen LogP contribution in [0.4, 0.5) is 5.69 Å². The van der Waals surface area contributed by atoms with Crippen LogP contribution in [-0.2, 0) is 16.2 Å². The number of amides is 1. The van der Waals surface area contributed by atoms with Crippen LogP contribution in [0.15, 0.2) is 78.4 Å². The molecule has 0 aliphatic carbocycles. The van der Waals surface area contributed by atoms with E-state index in [9.17, 15) is 14.7 Å². The van der Waals surface area contributed by atoms with E-state index in [0.29, 0.717) is 30.9 Å². The normalized spacial score (nSPS) is 16.7. The number of hydrogen-bond acceptors (Lipinski definition) is 6. The minimum absolute atomic E-state index is 0.107. The van der Waals surface area contributed by atoms with Crippen LogP contribution in [0, 0.1) is 6.92 Å². The van der Waals surface area contributed by atoms with Gasteiger partial charge in [0.15, 0.2) is 0 Å². The summed E-state index contributed by atoms with van der Waals surface area (Å²) in [4.78, 5) is 32.1. The molecule has 4 rings (SSSR count). The van der Waals surface area contributed by atoms with Crippen molar-refractivity contribution in [2.75, 3.05) is 46.2 Å². The van der Waals surface area contributed by atoms with Crippen LogP contribution in [-0.4, -0.2) is 67.9 Å². The fourth-order valence-corrected chi connectivity index (χ4v) is 4.80. The van der Waals surface area contributed by atoms with E-state index >= 15 is 0 Å². The number of benzene rings is 3. The van der Waals surface area contributed by atoms with Crippen molar-refractivity contribution in [1.29, 1.82) is 0 Å². The highest BCUT2D eigenvalue weighted by Gasteiger charge is 2.45. The van der Waals surface area contributed by atoms with Crippen LogP contribution in [0.3, 0.4) is 0 Å². The van der Waals surface area contributed by atoms with Gasteiger partial charge in [-0.15, -0.1) is 0 Å². The van der Waals surface area contributed by atoms with Gasteiger partial charge in [0.2, 0.25) is 0 Å². The number of hydrogen-bond donors (Lipinski definition) is 1. The summed E-state index contributed by atoms with van der Waals surface area (Å²) >= 11 is 0. The molecule has 1 N–H and O–H groups in total. The van der Waals surface area contributed by atoms with Crippen LogP contribution < -0.4 is 9.64 Å². The lowest BCUT2D eigenvalue weighted by Gasteiger charge is -2.26. The molecule has 0 spiro atoms. The molecule has 1 fully saturated rings. The Morgan fingerprint density at radius 2 is 1.64 bits per heavy atom. The standard InChI is InChI=1S/C32H37N3O4/c1-22-8-6-9-23(20-22)21-39-27-16-12-25(13-17-27)30(36)28-29(24-10-14-26(15-11-24)34(4)5)35(32(38)31(28)37)19-7-18-33(2)3/h6,8-17,20,29,36H,7,18-19,21H2,1-5H3/t29-/m1/s1. The molecule has 3 aromatic carbocycles. The van der Waals surface area contributed by atoms with Gasteiger partial charge in [-0.2, -0.15) is 0 Å². The van der Waals surface area contributed by atoms with Crippen molar-refractivity contribution in [2.24, 2.45) is 0 Å². The number of anilines is 1. The Morgan fingerprint density at radius 3 is 2.26 bits per heavy atom. The maximum absolute atomic E-state index is 13.3. The van der Waals surface area contributed by atoms with Crippen LogP contribution in [0.2, 0.25) is 0 Å². The minimum Gasteiger partial charge on any atom is -0.507 e. The van der Waals surface area contributed by atoms with Crippen molar-refractivity contribution < 1.29 is 19.4 Å². The Morgan fingerprint density at radius 1 is 0.949 bits per heavy atom. The van der Waals surface area contributed by atoms with Gasteiger partial charge in [0.25, 0.3) is 11.7 Å². The first-order chi connectivity index (χ1) is 18.7. The molecule has 7 heteroatoms. The van der Waals surface area contributed by atoms with E-state index in [1.54, 1.807) is 29.2 Å². The Bertz CT molecular complexity index is 1340. The Balaban J connectivity index is 1.64. The molecule has 1 amide bonds. The highest BCUT2D eigenvalue weighted by atomic mass is 16.5. The van der Waals surface area contributed by atoms with Gasteiger partial charge >= 0.3 is 0 Å². The van der Waals surface area contributed by atoms with Crippen molar-refractivity contribution in [3.05, 3.63) is 101 Å². The van der Waals surface area contributed by atoms with Crippen LogP contribution in [0.5, 0.6) is 5.75 Å². The van der Waals surface area contributed by atoms with Crippen molar-refractivity contribution in [1.82, 2.24) is 9.80 Å². The van der Waals surface area contributed by atoms with Gasteiger partial charge in [-0.3, -0.25) is 9.59 Å². The molecule has 1 aliphatic rings. The number of carbonyl (C=O) groups is 2. The average molecular weight is 528 g/mol. The number of ketones is 1. The predicted octanol–water partition coefficient (Wildman–Crippen LogP) is 5.01. The SMILES string of the molecule is Cc1cccc(COc2ccc(C(O)=C3C(=O)C(=O)N(CCCN(C)C)[C@@H]3c3ccc(N(C)C)cc3)cc2)c1. The summed E-state index contributed by atoms with van der Waals surface area (Å²) in [7, 11) is 7.85. The quantitative estimate of drug-likeness (QED) is 0.227. The van der Waals surface area contributed by atoms with Gasteiger partial charge in [0.05, 0.1) is 11.6 Å². The lowest BCUT2D eigenvalue weighted by atomic mass is 9.95. The summed E-state index contributed by atoms with van der Waals surface area (Å²) in [5, 5.41) is 11.4. The van der Waals surface area contributed by atoms with E-state index < -0.39 is 17.7 Å². The third-order valence-electron chi connectivity index (χ3n) is 6.89. The average Bonchev–Trinajstić information content (AvgIpc) is 3.17. The lowest BCUT2D eigenvalue weighted by Crippen LogP contribution is -2.32. The third-order valence-corrected chi connectivity index (χ3v) is 6.89. The monoisotopic (exact) mass is 527 g/mol. The molecule has 204 valence electrons. The second kappa shape index (κ2) is 12.2. The molecule has 39 heavy (non-hydrogen) atoms. The van der Waals surface area contributed by atoms with Crippen LogP contribution in [0.25, 0.3) is 5.76 Å². The highest BCUT2D eigenvalue weighted by molar-refractivity contribution is 6.46. The summed E-state index contributed by atoms with van der Waals surface area (Å²) < 4.78 is 5.91. The van der Waals surface area contributed by atoms with Crippen molar-refractivity contribution in [3.63, 3.8) is 0 Å². The topological polar surface area (TPSA) is 73.3 Å². The van der Waals surface area contributed by atoms with Gasteiger partial charge < -0.3 is 24.5 Å². The molecule has 1 atom stereocenters. The van der Waals surface area contributed by atoms with Gasteiger partial charge in [-0.25, -0.2) is 0 Å². The lowest BCUT2D eigenvalue weighted by molar-refractivity contribution is -0.139. The Kier molecular flexibility index (Phi) is 8.72. The van der Waals surface area contributed by atoms with E-state index in [4.69, 9.17) is 4.74 Å². The second-order valence-electron chi connectivity index (χ2n) is 10.4. The highest BCUT2D eigenvalue weighted by Crippen LogP contribution is 2.40. The van der Waals surface area contributed by atoms with Gasteiger partial charge in [0, 0.05) is 31.9 Å². The molecule has 0 aromatic heterocycles. The van der Waals surface area contributed by atoms with E-state index in [-0.39, 0.29) is 11.3 Å². The zero-order valence-corrected chi connectivity index (χ0v) is 23.3. The number of rotatable bonds is 10. The molecule has 3 aromatic rings. The Labute approximate surface area is 230 Å².